The summed E-state index contributed by atoms with van der Waals surface area (Å²) < 4.78 is 38.8. The van der Waals surface area contributed by atoms with Crippen molar-refractivity contribution >= 4 is 23.0 Å². The third-order valence-corrected chi connectivity index (χ3v) is 2.77. The summed E-state index contributed by atoms with van der Waals surface area (Å²) in [5.74, 6) is -1.13. The van der Waals surface area contributed by atoms with Crippen LogP contribution in [0.2, 0.25) is 0 Å². The predicted molar refractivity (Wildman–Crippen MR) is 74.1 cm³/mol. The van der Waals surface area contributed by atoms with Gasteiger partial charge in [0, 0.05) is 17.1 Å². The number of nitrogens with one attached hydrogen (secondary N) is 1. The van der Waals surface area contributed by atoms with E-state index in [0.717, 1.165) is 12.1 Å². The van der Waals surface area contributed by atoms with Crippen molar-refractivity contribution in [1.82, 2.24) is 0 Å². The smallest absolute Gasteiger partial charge is 0.399 e. The summed E-state index contributed by atoms with van der Waals surface area (Å²) in [7, 11) is 0. The van der Waals surface area contributed by atoms with Crippen molar-refractivity contribution in [3.8, 4) is 0 Å². The highest BCUT2D eigenvalue weighted by Gasteiger charge is 2.35. The second-order valence-electron chi connectivity index (χ2n) is 4.37. The molecule has 1 amide bonds. The number of hydrogen-bond donors (Lipinski definition) is 3. The lowest BCUT2D eigenvalue weighted by Crippen LogP contribution is -2.19. The van der Waals surface area contributed by atoms with Crippen molar-refractivity contribution in [3.63, 3.8) is 0 Å². The van der Waals surface area contributed by atoms with Gasteiger partial charge in [-0.15, -0.1) is 0 Å². The number of nitrogens with two attached hydrogens (primary N) is 2. The first kappa shape index (κ1) is 14.7. The zero-order chi connectivity index (χ0) is 15.6. The van der Waals surface area contributed by atoms with Gasteiger partial charge in [0.25, 0.3) is 0 Å². The Morgan fingerprint density at radius 1 is 1.05 bits per heavy atom. The van der Waals surface area contributed by atoms with Gasteiger partial charge < -0.3 is 16.8 Å². The van der Waals surface area contributed by atoms with Gasteiger partial charge in [0.1, 0.15) is 0 Å². The number of halogens is 3. The van der Waals surface area contributed by atoms with Crippen molar-refractivity contribution in [1.29, 1.82) is 0 Å². The average Bonchev–Trinajstić information content (AvgIpc) is 2.37. The summed E-state index contributed by atoms with van der Waals surface area (Å²) in [5, 5.41) is 2.79. The maximum absolute atomic E-state index is 12.9. The Morgan fingerprint density at radius 3 is 2.29 bits per heavy atom. The van der Waals surface area contributed by atoms with Crippen LogP contribution in [0.1, 0.15) is 15.9 Å². The van der Waals surface area contributed by atoms with E-state index in [1.165, 1.54) is 6.07 Å². The van der Waals surface area contributed by atoms with Crippen LogP contribution in [0.25, 0.3) is 0 Å². The molecule has 5 N–H and O–H groups in total. The lowest BCUT2D eigenvalue weighted by molar-refractivity contribution is -0.137. The molecule has 0 aliphatic carbocycles. The van der Waals surface area contributed by atoms with Gasteiger partial charge in [0.15, 0.2) is 0 Å². The van der Waals surface area contributed by atoms with E-state index >= 15 is 0 Å². The summed E-state index contributed by atoms with van der Waals surface area (Å²) in [6.45, 7) is 0. The Balaban J connectivity index is 2.40. The number of primary amides is 1. The zero-order valence-electron chi connectivity index (χ0n) is 10.7. The van der Waals surface area contributed by atoms with E-state index in [2.05, 4.69) is 5.32 Å². The fourth-order valence-electron chi connectivity index (χ4n) is 1.85. The maximum Gasteiger partial charge on any atom is 0.417 e. The summed E-state index contributed by atoms with van der Waals surface area (Å²) >= 11 is 0. The highest BCUT2D eigenvalue weighted by Crippen LogP contribution is 2.34. The molecule has 0 unspecified atom stereocenters. The molecule has 2 aromatic carbocycles. The molecule has 4 nitrogen and oxygen atoms in total. The molecule has 0 saturated heterocycles. The van der Waals surface area contributed by atoms with Crippen molar-refractivity contribution in [2.75, 3.05) is 11.1 Å². The standard InChI is InChI=1S/C14H12F3N3O/c15-14(16,17)12-7-10(4-5-11(12)13(19)21)20-9-3-1-2-8(18)6-9/h1-7,20H,18H2,(H2,19,21). The van der Waals surface area contributed by atoms with Gasteiger partial charge in [-0.3, -0.25) is 4.79 Å². The van der Waals surface area contributed by atoms with Crippen LogP contribution in [0.3, 0.4) is 0 Å². The first-order valence-corrected chi connectivity index (χ1v) is 5.91. The first-order valence-electron chi connectivity index (χ1n) is 5.91. The van der Waals surface area contributed by atoms with E-state index in [1.54, 1.807) is 24.3 Å². The van der Waals surface area contributed by atoms with Crippen LogP contribution < -0.4 is 16.8 Å². The number of anilines is 3. The van der Waals surface area contributed by atoms with Crippen molar-refractivity contribution in [2.24, 2.45) is 5.73 Å². The zero-order valence-corrected chi connectivity index (χ0v) is 10.7. The molecule has 110 valence electrons. The minimum Gasteiger partial charge on any atom is -0.399 e. The summed E-state index contributed by atoms with van der Waals surface area (Å²) in [4.78, 5) is 11.1. The van der Waals surface area contributed by atoms with E-state index in [1.807, 2.05) is 0 Å². The molecule has 0 aliphatic rings. The second-order valence-corrected chi connectivity index (χ2v) is 4.37. The largest absolute Gasteiger partial charge is 0.417 e. The quantitative estimate of drug-likeness (QED) is 0.761. The van der Waals surface area contributed by atoms with Gasteiger partial charge >= 0.3 is 6.18 Å². The molecule has 0 atom stereocenters. The highest BCUT2D eigenvalue weighted by molar-refractivity contribution is 5.95. The molecule has 21 heavy (non-hydrogen) atoms. The molecule has 0 aliphatic heterocycles. The fraction of sp³-hybridized carbons (Fsp3) is 0.0714. The molecule has 0 spiro atoms. The minimum absolute atomic E-state index is 0.179. The maximum atomic E-state index is 12.9. The number of benzene rings is 2. The highest BCUT2D eigenvalue weighted by atomic mass is 19.4. The van der Waals surface area contributed by atoms with E-state index in [4.69, 9.17) is 11.5 Å². The molecule has 0 heterocycles. The number of amides is 1. The monoisotopic (exact) mass is 295 g/mol. The lowest BCUT2D eigenvalue weighted by Gasteiger charge is -2.14. The Bertz CT molecular complexity index is 683. The number of alkyl halides is 3. The summed E-state index contributed by atoms with van der Waals surface area (Å²) in [6.07, 6.45) is -4.67. The Morgan fingerprint density at radius 2 is 1.71 bits per heavy atom. The molecule has 0 radical (unpaired) electrons. The molecular formula is C14H12F3N3O. The van der Waals surface area contributed by atoms with Crippen molar-refractivity contribution in [3.05, 3.63) is 53.6 Å². The second kappa shape index (κ2) is 5.35. The number of hydrogen-bond acceptors (Lipinski definition) is 3. The van der Waals surface area contributed by atoms with Crippen LogP contribution in [0.15, 0.2) is 42.5 Å². The van der Waals surface area contributed by atoms with Crippen LogP contribution in [0, 0.1) is 0 Å². The van der Waals surface area contributed by atoms with E-state index in [9.17, 15) is 18.0 Å². The fourth-order valence-corrected chi connectivity index (χ4v) is 1.85. The van der Waals surface area contributed by atoms with Crippen LogP contribution in [0.4, 0.5) is 30.2 Å². The molecule has 0 aromatic heterocycles. The Labute approximate surface area is 118 Å². The number of carbonyl (C=O) groups excluding carboxylic acids is 1. The number of carbonyl (C=O) groups is 1. The third kappa shape index (κ3) is 3.44. The van der Waals surface area contributed by atoms with Crippen LogP contribution in [-0.4, -0.2) is 5.91 Å². The molecule has 7 heteroatoms. The summed E-state index contributed by atoms with van der Waals surface area (Å²) in [5.41, 5.74) is 10.1. The van der Waals surface area contributed by atoms with Crippen molar-refractivity contribution in [2.45, 2.75) is 6.18 Å². The van der Waals surface area contributed by atoms with Gasteiger partial charge in [0.05, 0.1) is 11.1 Å². The molecule has 2 aromatic rings. The Hall–Kier alpha value is -2.70. The van der Waals surface area contributed by atoms with Crippen LogP contribution in [0.5, 0.6) is 0 Å². The van der Waals surface area contributed by atoms with E-state index in [-0.39, 0.29) is 5.69 Å². The van der Waals surface area contributed by atoms with Gasteiger partial charge in [-0.25, -0.2) is 0 Å². The number of rotatable bonds is 3. The number of nitrogen functional groups attached to an aromatic ring is 1. The van der Waals surface area contributed by atoms with Gasteiger partial charge in [-0.2, -0.15) is 13.2 Å². The Kier molecular flexibility index (Phi) is 3.75. The molecule has 0 saturated carbocycles. The topological polar surface area (TPSA) is 81.1 Å². The van der Waals surface area contributed by atoms with Gasteiger partial charge in [0.2, 0.25) is 5.91 Å². The normalized spacial score (nSPS) is 11.2. The third-order valence-electron chi connectivity index (χ3n) is 2.77. The van der Waals surface area contributed by atoms with Gasteiger partial charge in [-0.1, -0.05) is 6.07 Å². The molecular weight excluding hydrogens is 283 g/mol. The van der Waals surface area contributed by atoms with Crippen LogP contribution in [-0.2, 0) is 6.18 Å². The van der Waals surface area contributed by atoms with E-state index < -0.39 is 23.2 Å². The van der Waals surface area contributed by atoms with E-state index in [0.29, 0.717) is 11.4 Å². The molecule has 0 fully saturated rings. The first-order chi connectivity index (χ1) is 9.77. The minimum atomic E-state index is -4.67. The predicted octanol–water partition coefficient (Wildman–Crippen LogP) is 3.13. The average molecular weight is 295 g/mol. The lowest BCUT2D eigenvalue weighted by atomic mass is 10.1. The molecule has 0 bridgehead atoms. The SMILES string of the molecule is NC(=O)c1ccc(Nc2cccc(N)c2)cc1C(F)(F)F. The summed E-state index contributed by atoms with van der Waals surface area (Å²) in [6, 6.07) is 9.78. The van der Waals surface area contributed by atoms with Gasteiger partial charge in [-0.05, 0) is 36.4 Å². The molecule has 2 rings (SSSR count). The van der Waals surface area contributed by atoms with Crippen LogP contribution >= 0.6 is 0 Å². The van der Waals surface area contributed by atoms with Crippen molar-refractivity contribution < 1.29 is 18.0 Å².